The molecule has 0 unspecified atom stereocenters. The van der Waals surface area contributed by atoms with Gasteiger partial charge < -0.3 is 14.5 Å². The highest BCUT2D eigenvalue weighted by molar-refractivity contribution is 7.07. The largest absolute Gasteiger partial charge is 0.463 e. The minimum absolute atomic E-state index is 0.0407. The van der Waals surface area contributed by atoms with Crippen molar-refractivity contribution in [2.75, 3.05) is 44.7 Å². The van der Waals surface area contributed by atoms with Crippen molar-refractivity contribution in [2.24, 2.45) is 4.99 Å². The van der Waals surface area contributed by atoms with E-state index in [4.69, 9.17) is 4.74 Å². The maximum Gasteiger partial charge on any atom is 0.338 e. The number of carbonyl (C=O) groups is 1. The summed E-state index contributed by atoms with van der Waals surface area (Å²) in [5.41, 5.74) is 3.84. The Kier molecular flexibility index (Phi) is 8.42. The summed E-state index contributed by atoms with van der Waals surface area (Å²) in [6.45, 7) is 11.4. The van der Waals surface area contributed by atoms with Crippen LogP contribution in [-0.4, -0.2) is 55.3 Å². The minimum atomic E-state index is -0.714. The Bertz CT molecular complexity index is 1730. The number of nitro benzene ring substituents is 1. The van der Waals surface area contributed by atoms with Crippen molar-refractivity contribution in [3.8, 4) is 0 Å². The summed E-state index contributed by atoms with van der Waals surface area (Å²) in [5, 5.41) is 11.7. The molecule has 1 saturated heterocycles. The van der Waals surface area contributed by atoms with Gasteiger partial charge in [0.1, 0.15) is 0 Å². The topological polar surface area (TPSA) is 111 Å². The highest BCUT2D eigenvalue weighted by Gasteiger charge is 2.33. The molecule has 0 spiro atoms. The van der Waals surface area contributed by atoms with E-state index >= 15 is 0 Å². The number of carbonyl (C=O) groups excluding carboxylic acids is 1. The van der Waals surface area contributed by atoms with E-state index in [1.807, 2.05) is 24.3 Å². The number of likely N-dealkylation sites (N-methyl/N-ethyl adjacent to an activating group) is 1. The van der Waals surface area contributed by atoms with E-state index in [-0.39, 0.29) is 17.9 Å². The summed E-state index contributed by atoms with van der Waals surface area (Å²) >= 11 is 1.21. The lowest BCUT2D eigenvalue weighted by molar-refractivity contribution is -0.880. The molecule has 0 amide bonds. The number of rotatable bonds is 7. The molecule has 1 aromatic heterocycles. The standard InChI is InChI=1S/C31H35N5O5S/c1-6-41-30(38)27-20(4)32-31-35(28(27)22-9-7-21(8-10-22)19(2)3)29(37)26(42-31)18-23-17-24(36(39)40)11-12-25(23)34-15-13-33(5)14-16-34/h7-12,17-19,28H,6,13-16H2,1-5H3/p+1/b26-18+/t28-/m0/s1. The predicted octanol–water partition coefficient (Wildman–Crippen LogP) is 2.16. The van der Waals surface area contributed by atoms with Gasteiger partial charge in [-0.3, -0.25) is 19.5 Å². The van der Waals surface area contributed by atoms with Crippen LogP contribution in [0.15, 0.2) is 63.5 Å². The molecule has 10 nitrogen and oxygen atoms in total. The highest BCUT2D eigenvalue weighted by Crippen LogP contribution is 2.32. The van der Waals surface area contributed by atoms with Crippen LogP contribution in [0.2, 0.25) is 0 Å². The SMILES string of the molecule is CCOC(=O)C1=C(C)N=c2s/c(=C/c3cc([N+](=O)[O-])ccc3N3CC[NH+](C)CC3)c(=O)n2[C@H]1c1ccc(C(C)C)cc1. The highest BCUT2D eigenvalue weighted by atomic mass is 32.1. The van der Waals surface area contributed by atoms with Gasteiger partial charge in [0, 0.05) is 23.4 Å². The van der Waals surface area contributed by atoms with Gasteiger partial charge in [-0.2, -0.15) is 0 Å². The Morgan fingerprint density at radius 1 is 1.21 bits per heavy atom. The Labute approximate surface area is 248 Å². The number of hydrogen-bond donors (Lipinski definition) is 1. The zero-order valence-corrected chi connectivity index (χ0v) is 25.4. The number of esters is 1. The second kappa shape index (κ2) is 12.0. The van der Waals surface area contributed by atoms with Gasteiger partial charge in [-0.05, 0) is 43.0 Å². The third-order valence-corrected chi connectivity index (χ3v) is 8.89. The number of hydrogen-bond acceptors (Lipinski definition) is 8. The number of allylic oxidation sites excluding steroid dienone is 1. The monoisotopic (exact) mass is 590 g/mol. The van der Waals surface area contributed by atoms with Crippen molar-refractivity contribution in [3.05, 3.63) is 100 Å². The number of fused-ring (bicyclic) bond motifs is 1. The molecule has 0 aliphatic carbocycles. The van der Waals surface area contributed by atoms with Crippen LogP contribution in [0.5, 0.6) is 0 Å². The number of thiazole rings is 1. The number of anilines is 1. The zero-order valence-electron chi connectivity index (χ0n) is 24.5. The number of piperazine rings is 1. The molecule has 0 saturated carbocycles. The van der Waals surface area contributed by atoms with Crippen LogP contribution in [0.1, 0.15) is 56.3 Å². The van der Waals surface area contributed by atoms with E-state index in [1.54, 1.807) is 30.6 Å². The minimum Gasteiger partial charge on any atom is -0.463 e. The zero-order chi connectivity index (χ0) is 30.1. The molecule has 1 N–H and O–H groups in total. The lowest BCUT2D eigenvalue weighted by Crippen LogP contribution is -3.12. The fourth-order valence-corrected chi connectivity index (χ4v) is 6.54. The number of quaternary nitrogens is 1. The molecular weight excluding hydrogens is 554 g/mol. The van der Waals surface area contributed by atoms with Crippen molar-refractivity contribution in [3.63, 3.8) is 0 Å². The lowest BCUT2D eigenvalue weighted by atomic mass is 9.93. The quantitative estimate of drug-likeness (QED) is 0.257. The number of benzene rings is 2. The third-order valence-electron chi connectivity index (χ3n) is 7.90. The molecule has 3 heterocycles. The Balaban J connectivity index is 1.69. The first-order valence-electron chi connectivity index (χ1n) is 14.2. The van der Waals surface area contributed by atoms with E-state index in [9.17, 15) is 19.7 Å². The van der Waals surface area contributed by atoms with Crippen LogP contribution < -0.4 is 24.7 Å². The normalized spacial score (nSPS) is 17.8. The summed E-state index contributed by atoms with van der Waals surface area (Å²) in [6, 6.07) is 12.0. The predicted molar refractivity (Wildman–Crippen MR) is 163 cm³/mol. The maximum atomic E-state index is 14.1. The number of nitrogens with zero attached hydrogens (tertiary/aromatic N) is 4. The molecule has 11 heteroatoms. The number of aromatic nitrogens is 1. The number of nitrogens with one attached hydrogen (secondary N) is 1. The molecule has 2 aliphatic rings. The summed E-state index contributed by atoms with van der Waals surface area (Å²) < 4.78 is 7.34. The molecule has 2 aliphatic heterocycles. The van der Waals surface area contributed by atoms with Crippen LogP contribution in [0.4, 0.5) is 11.4 Å². The van der Waals surface area contributed by atoms with E-state index < -0.39 is 16.9 Å². The summed E-state index contributed by atoms with van der Waals surface area (Å²) in [4.78, 5) is 47.3. The Hall–Kier alpha value is -4.09. The molecular formula is C31H36N5O5S+. The first kappa shape index (κ1) is 29.4. The molecule has 42 heavy (non-hydrogen) atoms. The fourth-order valence-electron chi connectivity index (χ4n) is 5.50. The van der Waals surface area contributed by atoms with Gasteiger partial charge in [0.15, 0.2) is 4.80 Å². The van der Waals surface area contributed by atoms with E-state index in [0.717, 1.165) is 43.0 Å². The Morgan fingerprint density at radius 3 is 2.52 bits per heavy atom. The van der Waals surface area contributed by atoms with Crippen LogP contribution in [0, 0.1) is 10.1 Å². The molecule has 5 rings (SSSR count). The summed E-state index contributed by atoms with van der Waals surface area (Å²) in [7, 11) is 2.15. The van der Waals surface area contributed by atoms with Gasteiger partial charge in [0.25, 0.3) is 11.2 Å². The third kappa shape index (κ3) is 5.66. The molecule has 220 valence electrons. The lowest BCUT2D eigenvalue weighted by Gasteiger charge is -2.32. The molecule has 1 fully saturated rings. The van der Waals surface area contributed by atoms with Crippen molar-refractivity contribution in [2.45, 2.75) is 39.7 Å². The van der Waals surface area contributed by atoms with E-state index in [1.165, 1.54) is 28.4 Å². The number of ether oxygens (including phenoxy) is 1. The van der Waals surface area contributed by atoms with E-state index in [0.29, 0.717) is 32.1 Å². The fraction of sp³-hybridized carbons (Fsp3) is 0.387. The second-order valence-electron chi connectivity index (χ2n) is 11.1. The van der Waals surface area contributed by atoms with E-state index in [2.05, 4.69) is 30.8 Å². The van der Waals surface area contributed by atoms with Gasteiger partial charge in [0.05, 0.1) is 66.6 Å². The number of non-ortho nitro benzene ring substituents is 1. The van der Waals surface area contributed by atoms with Crippen LogP contribution in [-0.2, 0) is 9.53 Å². The van der Waals surface area contributed by atoms with Gasteiger partial charge in [-0.15, -0.1) is 0 Å². The molecule has 3 aromatic rings. The van der Waals surface area contributed by atoms with Gasteiger partial charge >= 0.3 is 5.97 Å². The Morgan fingerprint density at radius 2 is 1.90 bits per heavy atom. The summed E-state index contributed by atoms with van der Waals surface area (Å²) in [6.07, 6.45) is 1.72. The smallest absolute Gasteiger partial charge is 0.338 e. The second-order valence-corrected chi connectivity index (χ2v) is 12.1. The average molecular weight is 591 g/mol. The van der Waals surface area contributed by atoms with Crippen molar-refractivity contribution in [1.82, 2.24) is 4.57 Å². The molecule has 0 radical (unpaired) electrons. The first-order chi connectivity index (χ1) is 20.1. The van der Waals surface area contributed by atoms with Gasteiger partial charge in [-0.1, -0.05) is 49.4 Å². The first-order valence-corrected chi connectivity index (χ1v) is 15.0. The van der Waals surface area contributed by atoms with Gasteiger partial charge in [-0.25, -0.2) is 9.79 Å². The van der Waals surface area contributed by atoms with Crippen molar-refractivity contribution in [1.29, 1.82) is 0 Å². The molecule has 2 aromatic carbocycles. The van der Waals surface area contributed by atoms with Gasteiger partial charge in [0.2, 0.25) is 0 Å². The van der Waals surface area contributed by atoms with Crippen molar-refractivity contribution >= 4 is 34.8 Å². The number of nitro groups is 1. The maximum absolute atomic E-state index is 14.1. The van der Waals surface area contributed by atoms with Crippen molar-refractivity contribution < 1.29 is 19.4 Å². The average Bonchev–Trinajstić information content (AvgIpc) is 3.26. The summed E-state index contributed by atoms with van der Waals surface area (Å²) in [5.74, 6) is -0.183. The molecule has 1 atom stereocenters. The molecule has 0 bridgehead atoms. The van der Waals surface area contributed by atoms with Crippen LogP contribution in [0.25, 0.3) is 6.08 Å². The van der Waals surface area contributed by atoms with Crippen LogP contribution >= 0.6 is 11.3 Å². The van der Waals surface area contributed by atoms with Crippen LogP contribution in [0.3, 0.4) is 0 Å².